The average molecular weight is 480 g/mol. The lowest BCUT2D eigenvalue weighted by molar-refractivity contribution is -0.394. The SMILES string of the molecule is CCCCCCCCCCCCOC(=O)C(NC(=O)c1cc([N+](=O)[O-])cc([N+](=O)[O-])c1)C(C)C. The van der Waals surface area contributed by atoms with E-state index in [0.29, 0.717) is 0 Å². The first-order chi connectivity index (χ1) is 16.2. The van der Waals surface area contributed by atoms with Crippen molar-refractivity contribution in [1.82, 2.24) is 5.32 Å². The van der Waals surface area contributed by atoms with E-state index in [9.17, 15) is 29.8 Å². The van der Waals surface area contributed by atoms with E-state index in [1.165, 1.54) is 44.9 Å². The molecule has 1 amide bonds. The van der Waals surface area contributed by atoms with Crippen LogP contribution in [-0.4, -0.2) is 34.4 Å². The average Bonchev–Trinajstić information content (AvgIpc) is 2.79. The molecule has 0 aliphatic heterocycles. The number of nitrogens with one attached hydrogen (secondary N) is 1. The van der Waals surface area contributed by atoms with E-state index in [2.05, 4.69) is 12.2 Å². The van der Waals surface area contributed by atoms with E-state index in [1.807, 2.05) is 0 Å². The summed E-state index contributed by atoms with van der Waals surface area (Å²) in [7, 11) is 0. The molecule has 10 heteroatoms. The maximum absolute atomic E-state index is 12.6. The molecule has 1 atom stereocenters. The monoisotopic (exact) mass is 479 g/mol. The van der Waals surface area contributed by atoms with Crippen molar-refractivity contribution in [3.8, 4) is 0 Å². The van der Waals surface area contributed by atoms with Crippen LogP contribution in [-0.2, 0) is 9.53 Å². The first kappa shape index (κ1) is 29.0. The molecule has 10 nitrogen and oxygen atoms in total. The molecule has 1 rings (SSSR count). The van der Waals surface area contributed by atoms with Gasteiger partial charge in [0.15, 0.2) is 0 Å². The number of carbonyl (C=O) groups excluding carboxylic acids is 2. The summed E-state index contributed by atoms with van der Waals surface area (Å²) in [5.41, 5.74) is -1.43. The van der Waals surface area contributed by atoms with Gasteiger partial charge in [-0.2, -0.15) is 0 Å². The van der Waals surface area contributed by atoms with Crippen molar-refractivity contribution in [2.24, 2.45) is 5.92 Å². The highest BCUT2D eigenvalue weighted by Crippen LogP contribution is 2.23. The highest BCUT2D eigenvalue weighted by molar-refractivity contribution is 5.98. The molecule has 0 saturated heterocycles. The van der Waals surface area contributed by atoms with Gasteiger partial charge in [-0.1, -0.05) is 78.6 Å². The molecule has 0 aromatic heterocycles. The van der Waals surface area contributed by atoms with Crippen LogP contribution in [0.2, 0.25) is 0 Å². The first-order valence-corrected chi connectivity index (χ1v) is 12.1. The Bertz CT molecular complexity index is 795. The number of nitro groups is 2. The van der Waals surface area contributed by atoms with E-state index in [0.717, 1.165) is 37.5 Å². The second kappa shape index (κ2) is 15.7. The maximum Gasteiger partial charge on any atom is 0.328 e. The van der Waals surface area contributed by atoms with Crippen LogP contribution in [0, 0.1) is 26.1 Å². The molecular formula is C24H37N3O7. The normalized spacial score (nSPS) is 11.8. The molecule has 34 heavy (non-hydrogen) atoms. The van der Waals surface area contributed by atoms with Crippen LogP contribution in [0.3, 0.4) is 0 Å². The minimum Gasteiger partial charge on any atom is -0.464 e. The molecule has 1 unspecified atom stereocenters. The third-order valence-electron chi connectivity index (χ3n) is 5.54. The minimum absolute atomic E-state index is 0.247. The number of amides is 1. The minimum atomic E-state index is -0.978. The first-order valence-electron chi connectivity index (χ1n) is 12.1. The number of hydrogen-bond donors (Lipinski definition) is 1. The highest BCUT2D eigenvalue weighted by atomic mass is 16.6. The van der Waals surface area contributed by atoms with Gasteiger partial charge in [-0.3, -0.25) is 25.0 Å². The largest absolute Gasteiger partial charge is 0.464 e. The summed E-state index contributed by atoms with van der Waals surface area (Å²) in [6, 6.07) is 1.68. The van der Waals surface area contributed by atoms with Gasteiger partial charge < -0.3 is 10.1 Å². The topological polar surface area (TPSA) is 142 Å². The smallest absolute Gasteiger partial charge is 0.328 e. The van der Waals surface area contributed by atoms with Gasteiger partial charge in [0.1, 0.15) is 6.04 Å². The maximum atomic E-state index is 12.6. The number of esters is 1. The third kappa shape index (κ3) is 10.7. The number of benzene rings is 1. The summed E-state index contributed by atoms with van der Waals surface area (Å²) in [5.74, 6) is -1.72. The summed E-state index contributed by atoms with van der Waals surface area (Å²) >= 11 is 0. The predicted octanol–water partition coefficient (Wildman–Crippen LogP) is 5.72. The number of nitro benzene ring substituents is 2. The summed E-state index contributed by atoms with van der Waals surface area (Å²) in [5, 5.41) is 24.6. The van der Waals surface area contributed by atoms with E-state index >= 15 is 0 Å². The number of unbranched alkanes of at least 4 members (excludes halogenated alkanes) is 9. The Balaban J connectivity index is 2.52. The van der Waals surface area contributed by atoms with Crippen molar-refractivity contribution >= 4 is 23.3 Å². The van der Waals surface area contributed by atoms with Crippen LogP contribution in [0.25, 0.3) is 0 Å². The number of hydrogen-bond acceptors (Lipinski definition) is 7. The summed E-state index contributed by atoms with van der Waals surface area (Å²) < 4.78 is 5.33. The fourth-order valence-corrected chi connectivity index (χ4v) is 3.51. The summed E-state index contributed by atoms with van der Waals surface area (Å²) in [6.07, 6.45) is 11.6. The Morgan fingerprint density at radius 1 is 0.853 bits per heavy atom. The predicted molar refractivity (Wildman–Crippen MR) is 129 cm³/mol. The molecule has 1 aromatic rings. The van der Waals surface area contributed by atoms with Crippen molar-refractivity contribution in [1.29, 1.82) is 0 Å². The number of rotatable bonds is 17. The van der Waals surface area contributed by atoms with Gasteiger partial charge in [0.2, 0.25) is 0 Å². The molecule has 1 aromatic carbocycles. The fraction of sp³-hybridized carbons (Fsp3) is 0.667. The number of non-ortho nitro benzene ring substituents is 2. The van der Waals surface area contributed by atoms with E-state index in [4.69, 9.17) is 4.74 Å². The standard InChI is InChI=1S/C24H37N3O7/c1-4-5-6-7-8-9-10-11-12-13-14-34-24(29)22(18(2)3)25-23(28)19-15-20(26(30)31)17-21(16-19)27(32)33/h15-18,22H,4-14H2,1-3H3,(H,25,28). The molecule has 0 spiro atoms. The van der Waals surface area contributed by atoms with Gasteiger partial charge in [0.05, 0.1) is 28.1 Å². The van der Waals surface area contributed by atoms with Crippen molar-refractivity contribution in [2.45, 2.75) is 91.0 Å². The highest BCUT2D eigenvalue weighted by Gasteiger charge is 2.28. The van der Waals surface area contributed by atoms with E-state index in [-0.39, 0.29) is 18.1 Å². The lowest BCUT2D eigenvalue weighted by Gasteiger charge is -2.21. The van der Waals surface area contributed by atoms with Gasteiger partial charge in [-0.05, 0) is 12.3 Å². The van der Waals surface area contributed by atoms with Gasteiger partial charge >= 0.3 is 5.97 Å². The Hall–Kier alpha value is -3.04. The Morgan fingerprint density at radius 3 is 1.76 bits per heavy atom. The quantitative estimate of drug-likeness (QED) is 0.130. The zero-order valence-electron chi connectivity index (χ0n) is 20.4. The molecule has 0 aliphatic rings. The Labute approximate surface area is 200 Å². The van der Waals surface area contributed by atoms with Crippen LogP contribution in [0.1, 0.15) is 95.3 Å². The zero-order chi connectivity index (χ0) is 25.5. The molecule has 0 radical (unpaired) electrons. The fourth-order valence-electron chi connectivity index (χ4n) is 3.51. The number of carbonyl (C=O) groups is 2. The van der Waals surface area contributed by atoms with Gasteiger partial charge in [-0.25, -0.2) is 4.79 Å². The van der Waals surface area contributed by atoms with Crippen molar-refractivity contribution in [2.75, 3.05) is 6.61 Å². The zero-order valence-corrected chi connectivity index (χ0v) is 20.4. The van der Waals surface area contributed by atoms with Crippen molar-refractivity contribution in [3.05, 3.63) is 44.0 Å². The number of nitrogens with zero attached hydrogens (tertiary/aromatic N) is 2. The van der Waals surface area contributed by atoms with Crippen LogP contribution >= 0.6 is 0 Å². The molecular weight excluding hydrogens is 442 g/mol. The number of ether oxygens (including phenoxy) is 1. The lowest BCUT2D eigenvalue weighted by Crippen LogP contribution is -2.45. The summed E-state index contributed by atoms with van der Waals surface area (Å²) in [4.78, 5) is 45.6. The van der Waals surface area contributed by atoms with E-state index < -0.39 is 39.1 Å². The van der Waals surface area contributed by atoms with Crippen LogP contribution in [0.5, 0.6) is 0 Å². The molecule has 1 N–H and O–H groups in total. The van der Waals surface area contributed by atoms with Crippen LogP contribution < -0.4 is 5.32 Å². The second-order valence-electron chi connectivity index (χ2n) is 8.80. The molecule has 190 valence electrons. The lowest BCUT2D eigenvalue weighted by atomic mass is 10.0. The Kier molecular flexibility index (Phi) is 13.4. The third-order valence-corrected chi connectivity index (χ3v) is 5.54. The molecule has 0 aliphatic carbocycles. The molecule has 0 saturated carbocycles. The molecule has 0 fully saturated rings. The van der Waals surface area contributed by atoms with Crippen molar-refractivity contribution in [3.63, 3.8) is 0 Å². The Morgan fingerprint density at radius 2 is 1.32 bits per heavy atom. The van der Waals surface area contributed by atoms with Gasteiger partial charge in [-0.15, -0.1) is 0 Å². The van der Waals surface area contributed by atoms with Crippen LogP contribution in [0.4, 0.5) is 11.4 Å². The van der Waals surface area contributed by atoms with E-state index in [1.54, 1.807) is 13.8 Å². The van der Waals surface area contributed by atoms with Crippen molar-refractivity contribution < 1.29 is 24.2 Å². The van der Waals surface area contributed by atoms with Gasteiger partial charge in [0.25, 0.3) is 17.3 Å². The molecule has 0 heterocycles. The second-order valence-corrected chi connectivity index (χ2v) is 8.80. The molecule has 0 bridgehead atoms. The van der Waals surface area contributed by atoms with Crippen LogP contribution in [0.15, 0.2) is 18.2 Å². The van der Waals surface area contributed by atoms with Gasteiger partial charge in [0, 0.05) is 12.1 Å². The summed E-state index contributed by atoms with van der Waals surface area (Å²) in [6.45, 7) is 5.90.